The first-order chi connectivity index (χ1) is 12.8. The van der Waals surface area contributed by atoms with E-state index in [0.29, 0.717) is 0 Å². The van der Waals surface area contributed by atoms with Crippen LogP contribution in [0, 0.1) is 6.92 Å². The third-order valence-corrected chi connectivity index (χ3v) is 6.29. The molecule has 1 aliphatic rings. The van der Waals surface area contributed by atoms with Gasteiger partial charge in [0.2, 0.25) is 0 Å². The number of aryl methyl sites for hydroxylation is 1. The molecule has 1 atom stereocenters. The van der Waals surface area contributed by atoms with Crippen LogP contribution in [0.15, 0.2) is 42.5 Å². The van der Waals surface area contributed by atoms with Crippen molar-refractivity contribution in [3.63, 3.8) is 0 Å². The highest BCUT2D eigenvalue weighted by molar-refractivity contribution is 7.60. The van der Waals surface area contributed by atoms with Gasteiger partial charge in [0.15, 0.2) is 0 Å². The van der Waals surface area contributed by atoms with Crippen molar-refractivity contribution in [2.75, 3.05) is 38.2 Å². The van der Waals surface area contributed by atoms with E-state index < -0.39 is 7.60 Å². The van der Waals surface area contributed by atoms with Gasteiger partial charge in [-0.1, -0.05) is 18.2 Å². The number of hydrogen-bond donors (Lipinski definition) is 2. The normalized spacial score (nSPS) is 17.0. The molecule has 1 unspecified atom stereocenters. The second-order valence-corrected chi connectivity index (χ2v) is 8.56. The number of piperazine rings is 1. The van der Waals surface area contributed by atoms with Crippen LogP contribution in [-0.4, -0.2) is 48.0 Å². The van der Waals surface area contributed by atoms with Gasteiger partial charge in [0.25, 0.3) is 0 Å². The van der Waals surface area contributed by atoms with E-state index in [-0.39, 0.29) is 11.3 Å². The van der Waals surface area contributed by atoms with Crippen LogP contribution in [0.1, 0.15) is 24.1 Å². The fourth-order valence-electron chi connectivity index (χ4n) is 3.70. The summed E-state index contributed by atoms with van der Waals surface area (Å²) in [6.45, 7) is 7.59. The van der Waals surface area contributed by atoms with E-state index in [1.54, 1.807) is 19.2 Å². The lowest BCUT2D eigenvalue weighted by Crippen LogP contribution is -2.47. The van der Waals surface area contributed by atoms with Gasteiger partial charge in [-0.25, -0.2) is 0 Å². The maximum absolute atomic E-state index is 11.6. The molecule has 1 aliphatic heterocycles. The molecule has 2 N–H and O–H groups in total. The quantitative estimate of drug-likeness (QED) is 0.765. The number of anilines is 1. The van der Waals surface area contributed by atoms with Crippen LogP contribution in [0.5, 0.6) is 5.75 Å². The van der Waals surface area contributed by atoms with E-state index in [1.807, 2.05) is 25.1 Å². The molecule has 0 saturated carbocycles. The number of para-hydroxylation sites is 2. The number of methoxy groups -OCH3 is 1. The van der Waals surface area contributed by atoms with Crippen LogP contribution in [0.3, 0.4) is 0 Å². The lowest BCUT2D eigenvalue weighted by atomic mass is 10.0. The molecule has 2 aromatic rings. The van der Waals surface area contributed by atoms with Crippen molar-refractivity contribution in [1.29, 1.82) is 0 Å². The molecule has 1 heterocycles. The summed E-state index contributed by atoms with van der Waals surface area (Å²) in [7, 11) is -2.56. The summed E-state index contributed by atoms with van der Waals surface area (Å²) in [5.41, 5.74) is 3.13. The van der Waals surface area contributed by atoms with E-state index in [0.717, 1.165) is 48.7 Å². The predicted molar refractivity (Wildman–Crippen MR) is 108 cm³/mol. The van der Waals surface area contributed by atoms with Crippen LogP contribution in [-0.2, 0) is 4.57 Å². The van der Waals surface area contributed by atoms with Crippen molar-refractivity contribution in [1.82, 2.24) is 4.90 Å². The Hall–Kier alpha value is -1.85. The van der Waals surface area contributed by atoms with Gasteiger partial charge in [-0.2, -0.15) is 0 Å². The van der Waals surface area contributed by atoms with Crippen molar-refractivity contribution in [2.24, 2.45) is 0 Å². The monoisotopic (exact) mass is 390 g/mol. The summed E-state index contributed by atoms with van der Waals surface area (Å²) in [4.78, 5) is 23.7. The summed E-state index contributed by atoms with van der Waals surface area (Å²) < 4.78 is 17.1. The average Bonchev–Trinajstić information content (AvgIpc) is 2.67. The standard InChI is InChI=1S/C20H27N2O4P/c1-15-8-9-17(27(23,24)25)14-18(15)16(2)21-10-12-22(13-11-21)19-6-4-5-7-20(19)26-3/h4-9,14,16H,10-13H2,1-3H3,(H2,23,24,25). The second kappa shape index (κ2) is 8.03. The molecule has 27 heavy (non-hydrogen) atoms. The molecule has 0 radical (unpaired) electrons. The topological polar surface area (TPSA) is 73.2 Å². The average molecular weight is 390 g/mol. The Morgan fingerprint density at radius 1 is 1.07 bits per heavy atom. The van der Waals surface area contributed by atoms with Gasteiger partial charge in [-0.3, -0.25) is 9.46 Å². The largest absolute Gasteiger partial charge is 0.495 e. The van der Waals surface area contributed by atoms with E-state index in [4.69, 9.17) is 4.74 Å². The molecule has 146 valence electrons. The Labute approximate surface area is 160 Å². The molecule has 2 aromatic carbocycles. The third-order valence-electron chi connectivity index (χ3n) is 5.34. The first-order valence-corrected chi connectivity index (χ1v) is 10.7. The van der Waals surface area contributed by atoms with Gasteiger partial charge in [0.1, 0.15) is 5.75 Å². The van der Waals surface area contributed by atoms with Crippen LogP contribution in [0.2, 0.25) is 0 Å². The van der Waals surface area contributed by atoms with Crippen LogP contribution < -0.4 is 14.9 Å². The summed E-state index contributed by atoms with van der Waals surface area (Å²) >= 11 is 0. The third kappa shape index (κ3) is 4.36. The first kappa shape index (κ1) is 19.9. The maximum atomic E-state index is 11.6. The molecular formula is C20H27N2O4P. The molecule has 1 saturated heterocycles. The van der Waals surface area contributed by atoms with Crippen molar-refractivity contribution >= 4 is 18.6 Å². The van der Waals surface area contributed by atoms with E-state index in [1.165, 1.54) is 6.07 Å². The summed E-state index contributed by atoms with van der Waals surface area (Å²) in [6, 6.07) is 13.1. The lowest BCUT2D eigenvalue weighted by Gasteiger charge is -2.40. The SMILES string of the molecule is COc1ccccc1N1CCN(C(C)c2cc(P(=O)(O)O)ccc2C)CC1. The van der Waals surface area contributed by atoms with E-state index in [2.05, 4.69) is 22.8 Å². The first-order valence-electron chi connectivity index (χ1n) is 9.10. The van der Waals surface area contributed by atoms with Crippen molar-refractivity contribution < 1.29 is 19.1 Å². The van der Waals surface area contributed by atoms with Crippen molar-refractivity contribution in [3.8, 4) is 5.75 Å². The molecule has 0 aliphatic carbocycles. The van der Waals surface area contributed by atoms with Gasteiger partial charge in [0, 0.05) is 32.2 Å². The minimum Gasteiger partial charge on any atom is -0.495 e. The van der Waals surface area contributed by atoms with Crippen LogP contribution in [0.4, 0.5) is 5.69 Å². The summed E-state index contributed by atoms with van der Waals surface area (Å²) in [5.74, 6) is 0.879. The minimum atomic E-state index is -4.24. The molecular weight excluding hydrogens is 363 g/mol. The van der Waals surface area contributed by atoms with Gasteiger partial charge >= 0.3 is 7.60 Å². The Morgan fingerprint density at radius 2 is 1.74 bits per heavy atom. The molecule has 1 fully saturated rings. The molecule has 7 heteroatoms. The van der Waals surface area contributed by atoms with E-state index >= 15 is 0 Å². The zero-order valence-corrected chi connectivity index (χ0v) is 16.9. The number of ether oxygens (including phenoxy) is 1. The van der Waals surface area contributed by atoms with Crippen LogP contribution in [0.25, 0.3) is 0 Å². The van der Waals surface area contributed by atoms with Gasteiger partial charge in [-0.05, 0) is 49.2 Å². The molecule has 6 nitrogen and oxygen atoms in total. The predicted octanol–water partition coefficient (Wildman–Crippen LogP) is 2.69. The molecule has 0 aromatic heterocycles. The number of hydrogen-bond acceptors (Lipinski definition) is 4. The summed E-state index contributed by atoms with van der Waals surface area (Å²) in [5, 5.41) is 0.0857. The van der Waals surface area contributed by atoms with E-state index in [9.17, 15) is 14.4 Å². The zero-order valence-electron chi connectivity index (χ0n) is 16.0. The number of benzene rings is 2. The van der Waals surface area contributed by atoms with Crippen molar-refractivity contribution in [2.45, 2.75) is 19.9 Å². The number of rotatable bonds is 5. The second-order valence-electron chi connectivity index (χ2n) is 6.96. The Kier molecular flexibility index (Phi) is 5.92. The smallest absolute Gasteiger partial charge is 0.356 e. The highest BCUT2D eigenvalue weighted by atomic mass is 31.2. The fourth-order valence-corrected chi connectivity index (χ4v) is 4.27. The molecule has 0 amide bonds. The zero-order chi connectivity index (χ0) is 19.6. The minimum absolute atomic E-state index is 0.0857. The maximum Gasteiger partial charge on any atom is 0.356 e. The molecule has 0 spiro atoms. The highest BCUT2D eigenvalue weighted by Gasteiger charge is 2.26. The molecule has 0 bridgehead atoms. The van der Waals surface area contributed by atoms with Crippen LogP contribution >= 0.6 is 7.60 Å². The van der Waals surface area contributed by atoms with Gasteiger partial charge in [-0.15, -0.1) is 0 Å². The van der Waals surface area contributed by atoms with Gasteiger partial charge < -0.3 is 19.4 Å². The highest BCUT2D eigenvalue weighted by Crippen LogP contribution is 2.36. The fraction of sp³-hybridized carbons (Fsp3) is 0.400. The lowest BCUT2D eigenvalue weighted by molar-refractivity contribution is 0.197. The Balaban J connectivity index is 1.74. The molecule has 3 rings (SSSR count). The Morgan fingerprint density at radius 3 is 2.37 bits per heavy atom. The Bertz CT molecular complexity index is 844. The summed E-state index contributed by atoms with van der Waals surface area (Å²) in [6.07, 6.45) is 0. The number of nitrogens with zero attached hydrogens (tertiary/aromatic N) is 2. The van der Waals surface area contributed by atoms with Crippen molar-refractivity contribution in [3.05, 3.63) is 53.6 Å². The van der Waals surface area contributed by atoms with Gasteiger partial charge in [0.05, 0.1) is 18.1 Å².